The van der Waals surface area contributed by atoms with Gasteiger partial charge in [0.05, 0.1) is 0 Å². The minimum absolute atomic E-state index is 0. The number of pyridine rings is 2. The summed E-state index contributed by atoms with van der Waals surface area (Å²) in [5.41, 5.74) is 4.42. The summed E-state index contributed by atoms with van der Waals surface area (Å²) in [6.45, 7) is 1.61. The van der Waals surface area contributed by atoms with Gasteiger partial charge in [-0.2, -0.15) is 9.13 Å². The highest BCUT2D eigenvalue weighted by Gasteiger charge is 2.10. The molecule has 0 aliphatic heterocycles. The zero-order valence-corrected chi connectivity index (χ0v) is 20.9. The first-order valence-corrected chi connectivity index (χ1v) is 11.2. The molecule has 0 saturated carbocycles. The molecule has 0 fully saturated rings. The van der Waals surface area contributed by atoms with E-state index >= 15 is 0 Å². The molecule has 2 N–H and O–H groups in total. The van der Waals surface area contributed by atoms with Crippen LogP contribution in [0.15, 0.2) is 85.5 Å². The van der Waals surface area contributed by atoms with Crippen LogP contribution >= 0.6 is 23.2 Å². The largest absolute Gasteiger partial charge is 1.00 e. The quantitative estimate of drug-likeness (QED) is 0.240. The third kappa shape index (κ3) is 4.47. The molecule has 8 heteroatoms. The minimum Gasteiger partial charge on any atom is -1.00 e. The van der Waals surface area contributed by atoms with Gasteiger partial charge < -0.3 is 34.8 Å². The van der Waals surface area contributed by atoms with Crippen LogP contribution in [0.3, 0.4) is 0 Å². The highest BCUT2D eigenvalue weighted by molar-refractivity contribution is 6.32. The third-order valence-corrected chi connectivity index (χ3v) is 6.39. The highest BCUT2D eigenvalue weighted by Crippen LogP contribution is 2.27. The van der Waals surface area contributed by atoms with Gasteiger partial charge in [-0.25, -0.2) is 0 Å². The fourth-order valence-electron chi connectivity index (χ4n) is 4.35. The van der Waals surface area contributed by atoms with E-state index in [1.54, 1.807) is 0 Å². The van der Waals surface area contributed by atoms with Crippen LogP contribution in [0.5, 0.6) is 0 Å². The zero-order chi connectivity index (χ0) is 21.7. The molecule has 4 heterocycles. The second kappa shape index (κ2) is 9.85. The lowest BCUT2D eigenvalue weighted by Gasteiger charge is -1.95. The maximum Gasteiger partial charge on any atom is 0.193 e. The number of fused-ring (bicyclic) bond motifs is 6. The monoisotopic (exact) mass is 528 g/mol. The van der Waals surface area contributed by atoms with E-state index in [0.717, 1.165) is 56.0 Å². The summed E-state index contributed by atoms with van der Waals surface area (Å²) in [5, 5.41) is 6.19. The molecule has 0 spiro atoms. The van der Waals surface area contributed by atoms with Crippen LogP contribution in [0.25, 0.3) is 43.6 Å². The maximum absolute atomic E-state index is 6.16. The van der Waals surface area contributed by atoms with Crippen molar-refractivity contribution < 1.29 is 33.9 Å². The van der Waals surface area contributed by atoms with Gasteiger partial charge in [0, 0.05) is 54.8 Å². The van der Waals surface area contributed by atoms with Gasteiger partial charge in [0.2, 0.25) is 0 Å². The smallest absolute Gasteiger partial charge is 0.193 e. The van der Waals surface area contributed by atoms with Crippen LogP contribution in [0.2, 0.25) is 10.0 Å². The van der Waals surface area contributed by atoms with Crippen molar-refractivity contribution >= 4 is 66.8 Å². The van der Waals surface area contributed by atoms with Crippen molar-refractivity contribution in [2.24, 2.45) is 0 Å². The van der Waals surface area contributed by atoms with E-state index in [0.29, 0.717) is 0 Å². The van der Waals surface area contributed by atoms with Gasteiger partial charge in [0.25, 0.3) is 0 Å². The predicted molar refractivity (Wildman–Crippen MR) is 131 cm³/mol. The molecule has 0 bridgehead atoms. The number of hydrogen-bond acceptors (Lipinski definition) is 0. The first-order valence-electron chi connectivity index (χ1n) is 10.5. The van der Waals surface area contributed by atoms with Gasteiger partial charge >= 0.3 is 0 Å². The second-order valence-electron chi connectivity index (χ2n) is 8.04. The molecule has 0 aliphatic rings. The summed E-state index contributed by atoms with van der Waals surface area (Å²) in [7, 11) is 0. The number of nitrogens with zero attached hydrogens (tertiary/aromatic N) is 2. The standard InChI is InChI=1S/C26H18Cl2N4.2ClH/c27-17-3-5-23-21(13-17)19-7-11-31(15-25(19)29-23)9-1-2-10-32-12-8-20-22-14-18(28)4-6-24(22)30-26(20)16-32;;/h1-8,11-16H,9-10H2;2*1H/b2-1-;;. The number of aromatic nitrogens is 4. The molecule has 4 nitrogen and oxygen atoms in total. The number of rotatable bonds is 4. The maximum atomic E-state index is 6.16. The molecule has 0 atom stereocenters. The van der Waals surface area contributed by atoms with Crippen molar-refractivity contribution in [2.45, 2.75) is 13.1 Å². The SMILES string of the molecule is Clc1ccc2[nH]c3c[n+](C/C=C\C[n+]4ccc5c(c4)[nH]c4ccc(Cl)cc45)ccc3c2c1.[Cl-].[Cl-]. The first-order chi connectivity index (χ1) is 15.6. The van der Waals surface area contributed by atoms with Crippen molar-refractivity contribution in [3.8, 4) is 0 Å². The summed E-state index contributed by atoms with van der Waals surface area (Å²) >= 11 is 12.3. The minimum atomic E-state index is 0. The number of hydrogen-bond donors (Lipinski definition) is 2. The molecule has 0 amide bonds. The average molecular weight is 530 g/mol. The Balaban J connectivity index is 0.00000137. The molecule has 172 valence electrons. The van der Waals surface area contributed by atoms with E-state index in [1.165, 1.54) is 10.8 Å². The molecule has 2 aromatic carbocycles. The molecule has 6 aromatic rings. The van der Waals surface area contributed by atoms with E-state index in [-0.39, 0.29) is 24.8 Å². The van der Waals surface area contributed by atoms with E-state index < -0.39 is 0 Å². The zero-order valence-electron chi connectivity index (χ0n) is 17.9. The summed E-state index contributed by atoms with van der Waals surface area (Å²) in [6, 6.07) is 16.2. The number of halogens is 4. The summed E-state index contributed by atoms with van der Waals surface area (Å²) in [4.78, 5) is 6.95. The number of nitrogens with one attached hydrogen (secondary N) is 2. The van der Waals surface area contributed by atoms with Gasteiger partial charge in [0.1, 0.15) is 11.0 Å². The number of H-pyrrole nitrogens is 2. The van der Waals surface area contributed by atoms with Gasteiger partial charge in [-0.3, -0.25) is 0 Å². The number of benzene rings is 2. The van der Waals surface area contributed by atoms with Crippen LogP contribution in [0, 0.1) is 0 Å². The molecular weight excluding hydrogens is 510 g/mol. The Hall–Kier alpha value is -2.76. The van der Waals surface area contributed by atoms with Crippen LogP contribution in [0.1, 0.15) is 0 Å². The molecular formula is C26H20Cl4N4. The number of allylic oxidation sites excluding steroid dienone is 2. The molecule has 34 heavy (non-hydrogen) atoms. The lowest BCUT2D eigenvalue weighted by Crippen LogP contribution is -3.00. The second-order valence-corrected chi connectivity index (χ2v) is 8.91. The first kappa shape index (κ1) is 24.4. The van der Waals surface area contributed by atoms with Crippen LogP contribution in [-0.4, -0.2) is 9.97 Å². The van der Waals surface area contributed by atoms with Gasteiger partial charge in [0.15, 0.2) is 37.9 Å². The Morgan fingerprint density at radius 1 is 0.588 bits per heavy atom. The average Bonchev–Trinajstić information content (AvgIpc) is 3.33. The fraction of sp³-hybridized carbons (Fsp3) is 0.0769. The van der Waals surface area contributed by atoms with Gasteiger partial charge in [-0.15, -0.1) is 0 Å². The van der Waals surface area contributed by atoms with Crippen molar-refractivity contribution in [3.05, 3.63) is 95.5 Å². The van der Waals surface area contributed by atoms with E-state index in [9.17, 15) is 0 Å². The normalized spacial score (nSPS) is 11.5. The van der Waals surface area contributed by atoms with Crippen molar-refractivity contribution in [1.29, 1.82) is 0 Å². The fourth-order valence-corrected chi connectivity index (χ4v) is 4.70. The van der Waals surface area contributed by atoms with Crippen molar-refractivity contribution in [2.75, 3.05) is 0 Å². The van der Waals surface area contributed by atoms with E-state index in [2.05, 4.69) is 68.2 Å². The van der Waals surface area contributed by atoms with Crippen molar-refractivity contribution in [3.63, 3.8) is 0 Å². The Morgan fingerprint density at radius 3 is 1.47 bits per heavy atom. The Labute approximate surface area is 218 Å². The van der Waals surface area contributed by atoms with Gasteiger partial charge in [-0.05, 0) is 48.6 Å². The summed E-state index contributed by atoms with van der Waals surface area (Å²) in [5.74, 6) is 0. The van der Waals surface area contributed by atoms with Crippen LogP contribution in [0.4, 0.5) is 0 Å². The van der Waals surface area contributed by atoms with Gasteiger partial charge in [-0.1, -0.05) is 23.2 Å². The van der Waals surface area contributed by atoms with Crippen LogP contribution < -0.4 is 33.9 Å². The van der Waals surface area contributed by atoms with Crippen molar-refractivity contribution in [1.82, 2.24) is 9.97 Å². The Bertz CT molecular complexity index is 1540. The number of aromatic amines is 2. The molecule has 0 aliphatic carbocycles. The Morgan fingerprint density at radius 2 is 1.03 bits per heavy atom. The van der Waals surface area contributed by atoms with E-state index in [1.807, 2.05) is 36.4 Å². The highest BCUT2D eigenvalue weighted by atomic mass is 35.5. The molecule has 0 saturated heterocycles. The molecule has 4 aromatic heterocycles. The molecule has 0 radical (unpaired) electrons. The topological polar surface area (TPSA) is 39.3 Å². The summed E-state index contributed by atoms with van der Waals surface area (Å²) in [6.07, 6.45) is 12.9. The van der Waals surface area contributed by atoms with Crippen LogP contribution in [-0.2, 0) is 13.1 Å². The molecule has 6 rings (SSSR count). The predicted octanol–water partition coefficient (Wildman–Crippen LogP) is 0.102. The Kier molecular flexibility index (Phi) is 7.06. The lowest BCUT2D eigenvalue weighted by molar-refractivity contribution is -0.689. The third-order valence-electron chi connectivity index (χ3n) is 5.92. The van der Waals surface area contributed by atoms with E-state index in [4.69, 9.17) is 23.2 Å². The molecule has 0 unspecified atom stereocenters. The summed E-state index contributed by atoms with van der Waals surface area (Å²) < 4.78 is 4.34. The lowest BCUT2D eigenvalue weighted by atomic mass is 10.2.